The summed E-state index contributed by atoms with van der Waals surface area (Å²) in [6.45, 7) is 3.06. The highest BCUT2D eigenvalue weighted by atomic mass is 16.5. The van der Waals surface area contributed by atoms with Crippen LogP contribution in [0.4, 0.5) is 5.69 Å². The normalized spacial score (nSPS) is 10.9. The fourth-order valence-corrected chi connectivity index (χ4v) is 1.82. The van der Waals surface area contributed by atoms with Gasteiger partial charge in [-0.2, -0.15) is 0 Å². The summed E-state index contributed by atoms with van der Waals surface area (Å²) in [5, 5.41) is 0. The second-order valence-corrected chi connectivity index (χ2v) is 4.53. The molecule has 0 fully saturated rings. The van der Waals surface area contributed by atoms with Gasteiger partial charge < -0.3 is 20.9 Å². The maximum Gasteiger partial charge on any atom is 0.231 e. The minimum atomic E-state index is -0.356. The van der Waals surface area contributed by atoms with E-state index in [1.54, 1.807) is 7.11 Å². The molecular formula is C14H23N3O3. The van der Waals surface area contributed by atoms with Crippen LogP contribution in [0.2, 0.25) is 0 Å². The molecule has 0 aliphatic heterocycles. The average molecular weight is 281 g/mol. The molecule has 1 aromatic rings. The number of nitrogens with zero attached hydrogens (tertiary/aromatic N) is 1. The van der Waals surface area contributed by atoms with Crippen molar-refractivity contribution in [3.8, 4) is 0 Å². The van der Waals surface area contributed by atoms with Crippen LogP contribution in [0.3, 0.4) is 0 Å². The Balaban J connectivity index is 2.45. The molecule has 0 unspecified atom stereocenters. The summed E-state index contributed by atoms with van der Waals surface area (Å²) in [4.78, 5) is 13.0. The molecule has 1 rings (SSSR count). The number of primary amides is 1. The molecule has 0 atom stereocenters. The smallest absolute Gasteiger partial charge is 0.231 e. The van der Waals surface area contributed by atoms with Crippen molar-refractivity contribution in [1.82, 2.24) is 4.90 Å². The standard InChI is InChI=1S/C14H23N3O3/c1-19-7-8-20-6-5-17(11-14(16)18)10-12-3-2-4-13(15)9-12/h2-4,9H,5-8,10-11,15H2,1H3,(H2,16,18). The van der Waals surface area contributed by atoms with Gasteiger partial charge in [0.05, 0.1) is 26.4 Å². The largest absolute Gasteiger partial charge is 0.399 e. The van der Waals surface area contributed by atoms with Gasteiger partial charge in [-0.05, 0) is 17.7 Å². The first-order chi connectivity index (χ1) is 9.61. The summed E-state index contributed by atoms with van der Waals surface area (Å²) >= 11 is 0. The summed E-state index contributed by atoms with van der Waals surface area (Å²) < 4.78 is 10.3. The van der Waals surface area contributed by atoms with Crippen LogP contribution in [0.5, 0.6) is 0 Å². The number of nitrogens with two attached hydrogens (primary N) is 2. The fourth-order valence-electron chi connectivity index (χ4n) is 1.82. The van der Waals surface area contributed by atoms with Crippen molar-refractivity contribution >= 4 is 11.6 Å². The quantitative estimate of drug-likeness (QED) is 0.473. The summed E-state index contributed by atoms with van der Waals surface area (Å²) in [6.07, 6.45) is 0. The van der Waals surface area contributed by atoms with Gasteiger partial charge in [0.2, 0.25) is 5.91 Å². The van der Waals surface area contributed by atoms with Crippen LogP contribution in [0, 0.1) is 0 Å². The van der Waals surface area contributed by atoms with E-state index in [1.165, 1.54) is 0 Å². The molecule has 20 heavy (non-hydrogen) atoms. The number of methoxy groups -OCH3 is 1. The lowest BCUT2D eigenvalue weighted by Gasteiger charge is -2.20. The van der Waals surface area contributed by atoms with E-state index in [9.17, 15) is 4.79 Å². The number of carbonyl (C=O) groups is 1. The first-order valence-electron chi connectivity index (χ1n) is 6.53. The Bertz CT molecular complexity index is 412. The lowest BCUT2D eigenvalue weighted by molar-refractivity contribution is -0.119. The fraction of sp³-hybridized carbons (Fsp3) is 0.500. The molecular weight excluding hydrogens is 258 g/mol. The molecule has 0 aromatic heterocycles. The predicted molar refractivity (Wildman–Crippen MR) is 78.0 cm³/mol. The van der Waals surface area contributed by atoms with Gasteiger partial charge in [-0.15, -0.1) is 0 Å². The third kappa shape index (κ3) is 7.08. The van der Waals surface area contributed by atoms with Gasteiger partial charge in [0.15, 0.2) is 0 Å². The van der Waals surface area contributed by atoms with E-state index in [0.717, 1.165) is 5.56 Å². The van der Waals surface area contributed by atoms with E-state index in [2.05, 4.69) is 0 Å². The topological polar surface area (TPSA) is 90.8 Å². The second-order valence-electron chi connectivity index (χ2n) is 4.53. The number of benzene rings is 1. The van der Waals surface area contributed by atoms with E-state index in [1.807, 2.05) is 29.2 Å². The van der Waals surface area contributed by atoms with Crippen molar-refractivity contribution < 1.29 is 14.3 Å². The molecule has 0 bridgehead atoms. The predicted octanol–water partition coefficient (Wildman–Crippen LogP) is 0.219. The maximum atomic E-state index is 11.1. The van der Waals surface area contributed by atoms with Crippen LogP contribution in [0.15, 0.2) is 24.3 Å². The van der Waals surface area contributed by atoms with Crippen LogP contribution >= 0.6 is 0 Å². The lowest BCUT2D eigenvalue weighted by Crippen LogP contribution is -2.35. The molecule has 6 heteroatoms. The van der Waals surface area contributed by atoms with Crippen LogP contribution in [0.25, 0.3) is 0 Å². The summed E-state index contributed by atoms with van der Waals surface area (Å²) in [5.74, 6) is -0.356. The molecule has 4 N–H and O–H groups in total. The van der Waals surface area contributed by atoms with Gasteiger partial charge in [-0.3, -0.25) is 9.69 Å². The number of carbonyl (C=O) groups excluding carboxylic acids is 1. The van der Waals surface area contributed by atoms with Crippen molar-refractivity contribution in [2.45, 2.75) is 6.54 Å². The molecule has 0 heterocycles. The van der Waals surface area contributed by atoms with Crippen molar-refractivity contribution in [2.75, 3.05) is 45.8 Å². The van der Waals surface area contributed by atoms with E-state index in [4.69, 9.17) is 20.9 Å². The van der Waals surface area contributed by atoms with Gasteiger partial charge in [-0.25, -0.2) is 0 Å². The maximum absolute atomic E-state index is 11.1. The monoisotopic (exact) mass is 281 g/mol. The summed E-state index contributed by atoms with van der Waals surface area (Å²) in [6, 6.07) is 7.58. The Labute approximate surface area is 119 Å². The number of ether oxygens (including phenoxy) is 2. The van der Waals surface area contributed by atoms with E-state index < -0.39 is 0 Å². The molecule has 0 aliphatic rings. The highest BCUT2D eigenvalue weighted by Crippen LogP contribution is 2.09. The molecule has 0 radical (unpaired) electrons. The zero-order chi connectivity index (χ0) is 14.8. The van der Waals surface area contributed by atoms with Gasteiger partial charge in [0, 0.05) is 25.9 Å². The lowest BCUT2D eigenvalue weighted by atomic mass is 10.2. The Morgan fingerprint density at radius 1 is 1.30 bits per heavy atom. The molecule has 0 aliphatic carbocycles. The van der Waals surface area contributed by atoms with Crippen LogP contribution < -0.4 is 11.5 Å². The number of hydrogen-bond donors (Lipinski definition) is 2. The van der Waals surface area contributed by atoms with Crippen molar-refractivity contribution in [3.63, 3.8) is 0 Å². The molecule has 1 amide bonds. The van der Waals surface area contributed by atoms with Crippen molar-refractivity contribution in [3.05, 3.63) is 29.8 Å². The number of rotatable bonds is 10. The third-order valence-corrected chi connectivity index (χ3v) is 2.72. The van der Waals surface area contributed by atoms with E-state index >= 15 is 0 Å². The Morgan fingerprint density at radius 3 is 2.75 bits per heavy atom. The second kappa shape index (κ2) is 9.30. The zero-order valence-electron chi connectivity index (χ0n) is 11.9. The van der Waals surface area contributed by atoms with Gasteiger partial charge in [0.25, 0.3) is 0 Å². The number of nitrogen functional groups attached to an aromatic ring is 1. The SMILES string of the molecule is COCCOCCN(CC(N)=O)Cc1cccc(N)c1. The molecule has 112 valence electrons. The Kier molecular flexibility index (Phi) is 7.64. The molecule has 6 nitrogen and oxygen atoms in total. The third-order valence-electron chi connectivity index (χ3n) is 2.72. The van der Waals surface area contributed by atoms with Crippen molar-refractivity contribution in [1.29, 1.82) is 0 Å². The highest BCUT2D eigenvalue weighted by molar-refractivity contribution is 5.75. The summed E-state index contributed by atoms with van der Waals surface area (Å²) in [7, 11) is 1.63. The number of hydrogen-bond acceptors (Lipinski definition) is 5. The number of amides is 1. The first kappa shape index (κ1) is 16.4. The average Bonchev–Trinajstić information content (AvgIpc) is 2.37. The molecule has 0 saturated carbocycles. The minimum absolute atomic E-state index is 0.197. The van der Waals surface area contributed by atoms with Gasteiger partial charge >= 0.3 is 0 Å². The van der Waals surface area contributed by atoms with E-state index in [0.29, 0.717) is 38.6 Å². The Hall–Kier alpha value is -1.63. The summed E-state index contributed by atoms with van der Waals surface area (Å²) in [5.41, 5.74) is 12.8. The van der Waals surface area contributed by atoms with Crippen LogP contribution in [0.1, 0.15) is 5.56 Å². The molecule has 1 aromatic carbocycles. The van der Waals surface area contributed by atoms with Gasteiger partial charge in [0.1, 0.15) is 0 Å². The van der Waals surface area contributed by atoms with Crippen LogP contribution in [-0.4, -0.2) is 50.8 Å². The zero-order valence-corrected chi connectivity index (χ0v) is 11.9. The van der Waals surface area contributed by atoms with Gasteiger partial charge in [-0.1, -0.05) is 12.1 Å². The minimum Gasteiger partial charge on any atom is -0.399 e. The Morgan fingerprint density at radius 2 is 2.10 bits per heavy atom. The number of anilines is 1. The molecule has 0 spiro atoms. The molecule has 0 saturated heterocycles. The first-order valence-corrected chi connectivity index (χ1v) is 6.53. The van der Waals surface area contributed by atoms with Crippen molar-refractivity contribution in [2.24, 2.45) is 5.73 Å². The highest BCUT2D eigenvalue weighted by Gasteiger charge is 2.09. The van der Waals surface area contributed by atoms with Crippen LogP contribution in [-0.2, 0) is 20.8 Å². The van der Waals surface area contributed by atoms with E-state index in [-0.39, 0.29) is 12.5 Å².